The van der Waals surface area contributed by atoms with Gasteiger partial charge in [-0.25, -0.2) is 15.0 Å². The number of halogens is 1. The maximum atomic E-state index is 6.54. The van der Waals surface area contributed by atoms with Crippen LogP contribution in [-0.2, 0) is 7.05 Å². The van der Waals surface area contributed by atoms with Gasteiger partial charge in [0.15, 0.2) is 11.5 Å². The predicted octanol–water partition coefficient (Wildman–Crippen LogP) is 4.84. The summed E-state index contributed by atoms with van der Waals surface area (Å²) in [5.41, 5.74) is 5.26. The summed E-state index contributed by atoms with van der Waals surface area (Å²) in [6.45, 7) is 2.04. The SMILES string of the molecule is Cc1ccccc1C(=S)c1ccc(Nc2ncnc3ncn(C)c23)cc1Cl. The Kier molecular flexibility index (Phi) is 4.59. The third-order valence-electron chi connectivity index (χ3n) is 4.38. The second-order valence-electron chi connectivity index (χ2n) is 6.21. The first-order valence-electron chi connectivity index (χ1n) is 8.33. The lowest BCUT2D eigenvalue weighted by molar-refractivity contribution is 0.945. The molecule has 0 aliphatic rings. The van der Waals surface area contributed by atoms with Crippen molar-refractivity contribution in [3.8, 4) is 0 Å². The van der Waals surface area contributed by atoms with Crippen molar-refractivity contribution in [2.75, 3.05) is 5.32 Å². The number of imidazole rings is 1. The van der Waals surface area contributed by atoms with Gasteiger partial charge in [-0.3, -0.25) is 0 Å². The van der Waals surface area contributed by atoms with E-state index < -0.39 is 0 Å². The first-order chi connectivity index (χ1) is 13.0. The van der Waals surface area contributed by atoms with E-state index in [9.17, 15) is 0 Å². The highest BCUT2D eigenvalue weighted by Gasteiger charge is 2.13. The van der Waals surface area contributed by atoms with E-state index in [1.54, 1.807) is 6.33 Å². The van der Waals surface area contributed by atoms with Crippen LogP contribution in [0.25, 0.3) is 11.2 Å². The minimum Gasteiger partial charge on any atom is -0.338 e. The van der Waals surface area contributed by atoms with Gasteiger partial charge in [0.25, 0.3) is 0 Å². The Morgan fingerprint density at radius 1 is 1.07 bits per heavy atom. The average Bonchev–Trinajstić information content (AvgIpc) is 3.04. The van der Waals surface area contributed by atoms with Crippen LogP contribution >= 0.6 is 23.8 Å². The van der Waals surface area contributed by atoms with Crippen molar-refractivity contribution in [3.63, 3.8) is 0 Å². The zero-order valence-corrected chi connectivity index (χ0v) is 16.3. The fourth-order valence-corrected chi connectivity index (χ4v) is 3.70. The maximum Gasteiger partial charge on any atom is 0.182 e. The molecule has 4 aromatic rings. The van der Waals surface area contributed by atoms with Gasteiger partial charge in [-0.1, -0.05) is 48.1 Å². The molecule has 0 aliphatic carbocycles. The molecule has 1 N–H and O–H groups in total. The molecule has 0 radical (unpaired) electrons. The number of aryl methyl sites for hydroxylation is 2. The molecule has 4 rings (SSSR count). The summed E-state index contributed by atoms with van der Waals surface area (Å²) < 4.78 is 1.88. The summed E-state index contributed by atoms with van der Waals surface area (Å²) >= 11 is 12.2. The Morgan fingerprint density at radius 3 is 2.67 bits per heavy atom. The van der Waals surface area contributed by atoms with Gasteiger partial charge in [0.2, 0.25) is 0 Å². The highest BCUT2D eigenvalue weighted by Crippen LogP contribution is 2.28. The molecular weight excluding hydrogens is 378 g/mol. The normalized spacial score (nSPS) is 10.9. The molecule has 0 spiro atoms. The van der Waals surface area contributed by atoms with Crippen LogP contribution in [0.5, 0.6) is 0 Å². The van der Waals surface area contributed by atoms with E-state index >= 15 is 0 Å². The Bertz CT molecular complexity index is 1170. The van der Waals surface area contributed by atoms with Crippen LogP contribution in [0, 0.1) is 6.92 Å². The Hall–Kier alpha value is -2.83. The second kappa shape index (κ2) is 7.06. The molecule has 0 atom stereocenters. The topological polar surface area (TPSA) is 55.6 Å². The smallest absolute Gasteiger partial charge is 0.182 e. The largest absolute Gasteiger partial charge is 0.338 e. The van der Waals surface area contributed by atoms with Crippen molar-refractivity contribution >= 4 is 51.4 Å². The fraction of sp³-hybridized carbons (Fsp3) is 0.100. The number of rotatable bonds is 4. The number of aromatic nitrogens is 4. The lowest BCUT2D eigenvalue weighted by atomic mass is 10.00. The second-order valence-corrected chi connectivity index (χ2v) is 7.03. The minimum absolute atomic E-state index is 0.587. The number of hydrogen-bond acceptors (Lipinski definition) is 5. The van der Waals surface area contributed by atoms with Crippen molar-refractivity contribution in [1.29, 1.82) is 0 Å². The Balaban J connectivity index is 1.67. The van der Waals surface area contributed by atoms with Crippen LogP contribution in [0.4, 0.5) is 11.5 Å². The molecule has 0 saturated carbocycles. The molecule has 7 heteroatoms. The predicted molar refractivity (Wildman–Crippen MR) is 113 cm³/mol. The van der Waals surface area contributed by atoms with Crippen molar-refractivity contribution in [2.45, 2.75) is 6.92 Å². The zero-order valence-electron chi connectivity index (χ0n) is 14.8. The quantitative estimate of drug-likeness (QED) is 0.397. The van der Waals surface area contributed by atoms with E-state index in [2.05, 4.69) is 20.3 Å². The number of hydrogen-bond donors (Lipinski definition) is 1. The third kappa shape index (κ3) is 3.29. The molecular formula is C20H16ClN5S. The van der Waals surface area contributed by atoms with Crippen molar-refractivity contribution < 1.29 is 0 Å². The lowest BCUT2D eigenvalue weighted by Crippen LogP contribution is -2.04. The number of nitrogens with one attached hydrogen (secondary N) is 1. The number of fused-ring (bicyclic) bond motifs is 1. The minimum atomic E-state index is 0.587. The Labute approximate surface area is 167 Å². The van der Waals surface area contributed by atoms with Crippen molar-refractivity contribution in [1.82, 2.24) is 19.5 Å². The van der Waals surface area contributed by atoms with Gasteiger partial charge >= 0.3 is 0 Å². The fourth-order valence-electron chi connectivity index (χ4n) is 2.97. The highest BCUT2D eigenvalue weighted by atomic mass is 35.5. The van der Waals surface area contributed by atoms with Gasteiger partial charge in [-0.05, 0) is 36.2 Å². The van der Waals surface area contributed by atoms with Crippen LogP contribution in [0.1, 0.15) is 16.7 Å². The third-order valence-corrected chi connectivity index (χ3v) is 5.13. The van der Waals surface area contributed by atoms with Crippen LogP contribution < -0.4 is 5.32 Å². The monoisotopic (exact) mass is 393 g/mol. The van der Waals surface area contributed by atoms with Gasteiger partial charge in [0.1, 0.15) is 11.8 Å². The van der Waals surface area contributed by atoms with Crippen LogP contribution in [0.3, 0.4) is 0 Å². The Morgan fingerprint density at radius 2 is 1.89 bits per heavy atom. The molecule has 27 heavy (non-hydrogen) atoms. The van der Waals surface area contributed by atoms with E-state index in [1.807, 2.05) is 61.0 Å². The summed E-state index contributed by atoms with van der Waals surface area (Å²) in [6, 6.07) is 13.8. The van der Waals surface area contributed by atoms with Crippen molar-refractivity contribution in [2.24, 2.45) is 7.05 Å². The molecule has 2 heterocycles. The number of thiocarbonyl (C=S) groups is 1. The number of benzene rings is 2. The molecule has 0 fully saturated rings. The summed E-state index contributed by atoms with van der Waals surface area (Å²) in [5, 5.41) is 3.88. The molecule has 0 saturated heterocycles. The first-order valence-corrected chi connectivity index (χ1v) is 9.12. The summed E-state index contributed by atoms with van der Waals surface area (Å²) in [4.78, 5) is 13.5. The molecule has 0 aliphatic heterocycles. The highest BCUT2D eigenvalue weighted by molar-refractivity contribution is 7.81. The summed E-state index contributed by atoms with van der Waals surface area (Å²) in [7, 11) is 1.90. The van der Waals surface area contributed by atoms with E-state index in [0.29, 0.717) is 16.5 Å². The van der Waals surface area contributed by atoms with Gasteiger partial charge in [0, 0.05) is 18.3 Å². The number of anilines is 2. The van der Waals surface area contributed by atoms with E-state index in [-0.39, 0.29) is 0 Å². The standard InChI is InChI=1S/C20H16ClN5S/c1-12-5-3-4-6-14(12)18(27)15-8-7-13(9-16(15)21)25-20-17-19(22-10-23-20)24-11-26(17)2/h3-11H,1-2H3,(H,22,23,25). The molecule has 2 aromatic heterocycles. The first kappa shape index (κ1) is 17.6. The molecule has 0 amide bonds. The summed E-state index contributed by atoms with van der Waals surface area (Å²) in [6.07, 6.45) is 3.20. The average molecular weight is 394 g/mol. The van der Waals surface area contributed by atoms with Gasteiger partial charge in [0.05, 0.1) is 16.2 Å². The van der Waals surface area contributed by atoms with Crippen LogP contribution in [-0.4, -0.2) is 24.4 Å². The molecule has 5 nitrogen and oxygen atoms in total. The molecule has 0 unspecified atom stereocenters. The maximum absolute atomic E-state index is 6.54. The van der Waals surface area contributed by atoms with E-state index in [0.717, 1.165) is 32.8 Å². The number of nitrogens with zero attached hydrogens (tertiary/aromatic N) is 4. The van der Waals surface area contributed by atoms with Gasteiger partial charge < -0.3 is 9.88 Å². The summed E-state index contributed by atoms with van der Waals surface area (Å²) in [5.74, 6) is 0.672. The van der Waals surface area contributed by atoms with Gasteiger partial charge in [-0.15, -0.1) is 0 Å². The van der Waals surface area contributed by atoms with E-state index in [4.69, 9.17) is 23.8 Å². The van der Waals surface area contributed by atoms with E-state index in [1.165, 1.54) is 6.33 Å². The molecule has 0 bridgehead atoms. The van der Waals surface area contributed by atoms with Gasteiger partial charge in [-0.2, -0.15) is 0 Å². The lowest BCUT2D eigenvalue weighted by Gasteiger charge is -2.12. The zero-order chi connectivity index (χ0) is 19.0. The van der Waals surface area contributed by atoms with Crippen LogP contribution in [0.2, 0.25) is 5.02 Å². The molecule has 2 aromatic carbocycles. The van der Waals surface area contributed by atoms with Crippen molar-refractivity contribution in [3.05, 3.63) is 76.8 Å². The van der Waals surface area contributed by atoms with Crippen LogP contribution in [0.15, 0.2) is 55.1 Å². The molecule has 134 valence electrons.